The number of hydrogen-bond acceptors (Lipinski definition) is 3. The molecule has 2 rings (SSSR count). The largest absolute Gasteiger partial charge is 0.496 e. The zero-order valence-corrected chi connectivity index (χ0v) is 13.1. The van der Waals surface area contributed by atoms with Gasteiger partial charge in [-0.3, -0.25) is 4.98 Å². The third-order valence-corrected chi connectivity index (χ3v) is 3.82. The number of pyridine rings is 1. The van der Waals surface area contributed by atoms with Gasteiger partial charge in [0.2, 0.25) is 0 Å². The number of aromatic nitrogens is 1. The summed E-state index contributed by atoms with van der Waals surface area (Å²) in [6.07, 6.45) is 4.85. The third-order valence-electron chi connectivity index (χ3n) is 3.82. The SMILES string of the molecule is CCc1ccc(CC(Cc2ccccc2OC)NC)nc1. The predicted octanol–water partition coefficient (Wildman–Crippen LogP) is 3.03. The Balaban J connectivity index is 2.05. The van der Waals surface area contributed by atoms with E-state index < -0.39 is 0 Å². The summed E-state index contributed by atoms with van der Waals surface area (Å²) in [5, 5.41) is 3.38. The Morgan fingerprint density at radius 3 is 2.57 bits per heavy atom. The first-order valence-electron chi connectivity index (χ1n) is 7.49. The second kappa shape index (κ2) is 7.79. The topological polar surface area (TPSA) is 34.1 Å². The van der Waals surface area contributed by atoms with Crippen molar-refractivity contribution in [2.24, 2.45) is 0 Å². The molecule has 1 aromatic carbocycles. The average Bonchev–Trinajstić information content (AvgIpc) is 2.55. The van der Waals surface area contributed by atoms with E-state index >= 15 is 0 Å². The van der Waals surface area contributed by atoms with Gasteiger partial charge in [-0.1, -0.05) is 31.2 Å². The molecule has 3 heteroatoms. The minimum Gasteiger partial charge on any atom is -0.496 e. The van der Waals surface area contributed by atoms with Crippen LogP contribution in [0.3, 0.4) is 0 Å². The number of likely N-dealkylation sites (N-methyl/N-ethyl adjacent to an activating group) is 1. The van der Waals surface area contributed by atoms with E-state index in [1.807, 2.05) is 25.4 Å². The van der Waals surface area contributed by atoms with Crippen LogP contribution in [0.1, 0.15) is 23.7 Å². The average molecular weight is 284 g/mol. The number of hydrogen-bond donors (Lipinski definition) is 1. The zero-order chi connectivity index (χ0) is 15.1. The van der Waals surface area contributed by atoms with Crippen molar-refractivity contribution in [3.05, 3.63) is 59.4 Å². The van der Waals surface area contributed by atoms with E-state index in [0.29, 0.717) is 6.04 Å². The van der Waals surface area contributed by atoms with Crippen LogP contribution >= 0.6 is 0 Å². The lowest BCUT2D eigenvalue weighted by molar-refractivity contribution is 0.405. The Kier molecular flexibility index (Phi) is 5.76. The van der Waals surface area contributed by atoms with Gasteiger partial charge in [0.15, 0.2) is 0 Å². The van der Waals surface area contributed by atoms with Crippen LogP contribution in [0.4, 0.5) is 0 Å². The van der Waals surface area contributed by atoms with Crippen LogP contribution in [0, 0.1) is 0 Å². The van der Waals surface area contributed by atoms with Crippen molar-refractivity contribution in [3.63, 3.8) is 0 Å². The highest BCUT2D eigenvalue weighted by atomic mass is 16.5. The summed E-state index contributed by atoms with van der Waals surface area (Å²) in [5.74, 6) is 0.951. The molecule has 0 aliphatic rings. The van der Waals surface area contributed by atoms with Crippen LogP contribution < -0.4 is 10.1 Å². The Hall–Kier alpha value is -1.87. The van der Waals surface area contributed by atoms with Gasteiger partial charge in [-0.15, -0.1) is 0 Å². The van der Waals surface area contributed by atoms with Crippen LogP contribution in [0.15, 0.2) is 42.6 Å². The van der Waals surface area contributed by atoms with E-state index in [1.54, 1.807) is 7.11 Å². The summed E-state index contributed by atoms with van der Waals surface area (Å²) < 4.78 is 5.43. The minimum absolute atomic E-state index is 0.348. The van der Waals surface area contributed by atoms with Crippen LogP contribution in [0.5, 0.6) is 5.75 Å². The van der Waals surface area contributed by atoms with E-state index in [0.717, 1.165) is 30.7 Å². The van der Waals surface area contributed by atoms with Gasteiger partial charge in [0, 0.05) is 24.4 Å². The van der Waals surface area contributed by atoms with Crippen molar-refractivity contribution in [1.29, 1.82) is 0 Å². The van der Waals surface area contributed by atoms with E-state index in [-0.39, 0.29) is 0 Å². The third kappa shape index (κ3) is 4.30. The standard InChI is InChI=1S/C18H24N2O/c1-4-14-9-10-16(20-13-14)12-17(19-2)11-15-7-5-6-8-18(15)21-3/h5-10,13,17,19H,4,11-12H2,1-3H3. The molecule has 0 aliphatic heterocycles. The van der Waals surface area contributed by atoms with E-state index in [4.69, 9.17) is 4.74 Å². The lowest BCUT2D eigenvalue weighted by atomic mass is 10.0. The number of benzene rings is 1. The fourth-order valence-corrected chi connectivity index (χ4v) is 2.45. The van der Waals surface area contributed by atoms with Crippen molar-refractivity contribution in [2.75, 3.05) is 14.2 Å². The van der Waals surface area contributed by atoms with Crippen LogP contribution in [0.25, 0.3) is 0 Å². The monoisotopic (exact) mass is 284 g/mol. The first kappa shape index (κ1) is 15.5. The Morgan fingerprint density at radius 2 is 1.95 bits per heavy atom. The molecular formula is C18H24N2O. The molecule has 1 N–H and O–H groups in total. The zero-order valence-electron chi connectivity index (χ0n) is 13.1. The molecule has 112 valence electrons. The Labute approximate surface area is 127 Å². The first-order valence-corrected chi connectivity index (χ1v) is 7.49. The molecule has 21 heavy (non-hydrogen) atoms. The molecule has 0 aliphatic carbocycles. The van der Waals surface area contributed by atoms with E-state index in [2.05, 4.69) is 41.5 Å². The second-order valence-corrected chi connectivity index (χ2v) is 5.22. The predicted molar refractivity (Wildman–Crippen MR) is 86.9 cm³/mol. The molecule has 1 heterocycles. The summed E-state index contributed by atoms with van der Waals surface area (Å²) in [5.41, 5.74) is 3.63. The van der Waals surface area contributed by atoms with Gasteiger partial charge in [0.05, 0.1) is 7.11 Å². The van der Waals surface area contributed by atoms with Gasteiger partial charge in [-0.05, 0) is 43.1 Å². The van der Waals surface area contributed by atoms with Crippen molar-refractivity contribution in [1.82, 2.24) is 10.3 Å². The fraction of sp³-hybridized carbons (Fsp3) is 0.389. The highest BCUT2D eigenvalue weighted by Crippen LogP contribution is 2.19. The summed E-state index contributed by atoms with van der Waals surface area (Å²) >= 11 is 0. The van der Waals surface area contributed by atoms with E-state index in [9.17, 15) is 0 Å². The Bertz CT molecular complexity index is 551. The number of rotatable bonds is 7. The van der Waals surface area contributed by atoms with Crippen LogP contribution in [-0.2, 0) is 19.3 Å². The number of ether oxygens (including phenoxy) is 1. The first-order chi connectivity index (χ1) is 10.3. The van der Waals surface area contributed by atoms with Crippen molar-refractivity contribution in [2.45, 2.75) is 32.2 Å². The van der Waals surface area contributed by atoms with Crippen molar-refractivity contribution < 1.29 is 4.74 Å². The van der Waals surface area contributed by atoms with Gasteiger partial charge in [-0.2, -0.15) is 0 Å². The molecule has 0 saturated heterocycles. The molecule has 1 atom stereocenters. The maximum absolute atomic E-state index is 5.43. The molecule has 1 aromatic heterocycles. The second-order valence-electron chi connectivity index (χ2n) is 5.22. The Morgan fingerprint density at radius 1 is 1.14 bits per heavy atom. The van der Waals surface area contributed by atoms with Crippen LogP contribution in [-0.4, -0.2) is 25.2 Å². The molecule has 0 radical (unpaired) electrons. The number of nitrogens with zero attached hydrogens (tertiary/aromatic N) is 1. The lowest BCUT2D eigenvalue weighted by Gasteiger charge is -2.17. The lowest BCUT2D eigenvalue weighted by Crippen LogP contribution is -2.30. The molecule has 0 spiro atoms. The molecule has 0 fully saturated rings. The molecule has 0 bridgehead atoms. The normalized spacial score (nSPS) is 12.1. The van der Waals surface area contributed by atoms with Crippen LogP contribution in [0.2, 0.25) is 0 Å². The molecular weight excluding hydrogens is 260 g/mol. The number of aryl methyl sites for hydroxylation is 1. The molecule has 2 aromatic rings. The molecule has 0 amide bonds. The van der Waals surface area contributed by atoms with Gasteiger partial charge >= 0.3 is 0 Å². The minimum atomic E-state index is 0.348. The number of methoxy groups -OCH3 is 1. The maximum Gasteiger partial charge on any atom is 0.122 e. The number of nitrogens with one attached hydrogen (secondary N) is 1. The van der Waals surface area contributed by atoms with Gasteiger partial charge in [0.25, 0.3) is 0 Å². The maximum atomic E-state index is 5.43. The summed E-state index contributed by atoms with van der Waals surface area (Å²) in [6, 6.07) is 12.8. The highest BCUT2D eigenvalue weighted by Gasteiger charge is 2.12. The van der Waals surface area contributed by atoms with Crippen molar-refractivity contribution in [3.8, 4) is 5.75 Å². The van der Waals surface area contributed by atoms with Gasteiger partial charge in [0.1, 0.15) is 5.75 Å². The highest BCUT2D eigenvalue weighted by molar-refractivity contribution is 5.34. The fourth-order valence-electron chi connectivity index (χ4n) is 2.45. The summed E-state index contributed by atoms with van der Waals surface area (Å²) in [7, 11) is 3.72. The van der Waals surface area contributed by atoms with Crippen molar-refractivity contribution >= 4 is 0 Å². The summed E-state index contributed by atoms with van der Waals surface area (Å²) in [6.45, 7) is 2.15. The quantitative estimate of drug-likeness (QED) is 0.848. The molecule has 3 nitrogen and oxygen atoms in total. The smallest absolute Gasteiger partial charge is 0.122 e. The summed E-state index contributed by atoms with van der Waals surface area (Å²) in [4.78, 5) is 4.55. The van der Waals surface area contributed by atoms with Gasteiger partial charge < -0.3 is 10.1 Å². The molecule has 1 unspecified atom stereocenters. The van der Waals surface area contributed by atoms with Gasteiger partial charge in [-0.25, -0.2) is 0 Å². The van der Waals surface area contributed by atoms with E-state index in [1.165, 1.54) is 11.1 Å². The molecule has 0 saturated carbocycles. The number of para-hydroxylation sites is 1.